The summed E-state index contributed by atoms with van der Waals surface area (Å²) in [7, 11) is 0. The van der Waals surface area contributed by atoms with Crippen LogP contribution in [0.25, 0.3) is 11.0 Å². The largest absolute Gasteiger partial charge is 0.341 e. The van der Waals surface area contributed by atoms with Gasteiger partial charge >= 0.3 is 0 Å². The molecule has 2 aromatic rings. The third kappa shape index (κ3) is 2.59. The molecule has 1 heterocycles. The van der Waals surface area contributed by atoms with E-state index >= 15 is 0 Å². The number of H-pyrrole nitrogens is 1. The number of hydrogen-bond donors (Lipinski definition) is 2. The summed E-state index contributed by atoms with van der Waals surface area (Å²) in [5, 5.41) is 0. The molecule has 1 N–H and O–H groups in total. The number of aryl methyl sites for hydroxylation is 1. The molecule has 2 rings (SSSR count). The van der Waals surface area contributed by atoms with Crippen molar-refractivity contribution in [2.24, 2.45) is 0 Å². The third-order valence-corrected chi connectivity index (χ3v) is 3.18. The summed E-state index contributed by atoms with van der Waals surface area (Å²) in [6, 6.07) is 6.01. The molecule has 0 amide bonds. The second kappa shape index (κ2) is 5.39. The van der Waals surface area contributed by atoms with E-state index in [4.69, 9.17) is 0 Å². The highest BCUT2D eigenvalue weighted by atomic mass is 32.1. The molecule has 0 saturated carbocycles. The van der Waals surface area contributed by atoms with Gasteiger partial charge in [0.15, 0.2) is 0 Å². The van der Waals surface area contributed by atoms with E-state index in [0.29, 0.717) is 0 Å². The highest BCUT2D eigenvalue weighted by molar-refractivity contribution is 7.80. The Bertz CT molecular complexity index is 462. The van der Waals surface area contributed by atoms with E-state index in [0.717, 1.165) is 28.2 Å². The molecular formula is C13H18N2S. The number of nitrogens with zero attached hydrogens (tertiary/aromatic N) is 1. The first-order chi connectivity index (χ1) is 7.81. The van der Waals surface area contributed by atoms with Crippen molar-refractivity contribution < 1.29 is 0 Å². The first-order valence-corrected chi connectivity index (χ1v) is 6.42. The van der Waals surface area contributed by atoms with Gasteiger partial charge in [0.1, 0.15) is 5.82 Å². The predicted octanol–water partition coefficient (Wildman–Crippen LogP) is 3.97. The Morgan fingerprint density at radius 2 is 2.12 bits per heavy atom. The van der Waals surface area contributed by atoms with Gasteiger partial charge in [-0.05, 0) is 18.6 Å². The van der Waals surface area contributed by atoms with Crippen molar-refractivity contribution in [1.29, 1.82) is 0 Å². The second-order valence-corrected chi connectivity index (χ2v) is 4.65. The van der Waals surface area contributed by atoms with E-state index in [1.807, 2.05) is 18.2 Å². The van der Waals surface area contributed by atoms with E-state index in [2.05, 4.69) is 29.5 Å². The van der Waals surface area contributed by atoms with Gasteiger partial charge in [0.05, 0.1) is 11.0 Å². The lowest BCUT2D eigenvalue weighted by atomic mass is 10.1. The molecule has 0 aliphatic heterocycles. The van der Waals surface area contributed by atoms with Crippen LogP contribution < -0.4 is 0 Å². The highest BCUT2D eigenvalue weighted by Gasteiger charge is 2.04. The lowest BCUT2D eigenvalue weighted by Crippen LogP contribution is -1.88. The van der Waals surface area contributed by atoms with E-state index in [1.165, 1.54) is 25.7 Å². The molecule has 0 saturated heterocycles. The molecule has 2 nitrogen and oxygen atoms in total. The van der Waals surface area contributed by atoms with Gasteiger partial charge in [-0.1, -0.05) is 32.3 Å². The van der Waals surface area contributed by atoms with Gasteiger partial charge in [0.25, 0.3) is 0 Å². The Hall–Kier alpha value is -0.960. The Labute approximate surface area is 102 Å². The molecular weight excluding hydrogens is 216 g/mol. The number of hydrogen-bond acceptors (Lipinski definition) is 2. The molecule has 0 aliphatic carbocycles. The summed E-state index contributed by atoms with van der Waals surface area (Å²) in [4.78, 5) is 8.90. The van der Waals surface area contributed by atoms with Gasteiger partial charge in [-0.25, -0.2) is 4.98 Å². The minimum atomic E-state index is 0.977. The topological polar surface area (TPSA) is 28.7 Å². The Morgan fingerprint density at radius 3 is 2.88 bits per heavy atom. The molecule has 1 aromatic carbocycles. The van der Waals surface area contributed by atoms with Crippen molar-refractivity contribution in [1.82, 2.24) is 9.97 Å². The van der Waals surface area contributed by atoms with Crippen molar-refractivity contribution >= 4 is 23.7 Å². The number of imidazole rings is 1. The van der Waals surface area contributed by atoms with Crippen LogP contribution in [0.1, 0.15) is 38.4 Å². The number of fused-ring (bicyclic) bond motifs is 1. The quantitative estimate of drug-likeness (QED) is 0.594. The minimum Gasteiger partial charge on any atom is -0.341 e. The molecule has 3 heteroatoms. The number of thiol groups is 1. The van der Waals surface area contributed by atoms with Gasteiger partial charge < -0.3 is 4.98 Å². The maximum absolute atomic E-state index is 4.57. The summed E-state index contributed by atoms with van der Waals surface area (Å²) in [6.07, 6.45) is 6.15. The van der Waals surface area contributed by atoms with Crippen LogP contribution in [0.4, 0.5) is 0 Å². The molecule has 86 valence electrons. The van der Waals surface area contributed by atoms with E-state index in [1.54, 1.807) is 0 Å². The zero-order valence-corrected chi connectivity index (χ0v) is 10.6. The van der Waals surface area contributed by atoms with Crippen LogP contribution in [-0.2, 0) is 6.42 Å². The minimum absolute atomic E-state index is 0.977. The molecule has 0 spiro atoms. The summed E-state index contributed by atoms with van der Waals surface area (Å²) in [5.74, 6) is 1.09. The smallest absolute Gasteiger partial charge is 0.107 e. The normalized spacial score (nSPS) is 11.1. The van der Waals surface area contributed by atoms with Crippen LogP contribution in [0, 0.1) is 0 Å². The number of rotatable bonds is 5. The molecule has 16 heavy (non-hydrogen) atoms. The first-order valence-electron chi connectivity index (χ1n) is 5.98. The Kier molecular flexibility index (Phi) is 3.88. The average molecular weight is 234 g/mol. The second-order valence-electron chi connectivity index (χ2n) is 4.17. The maximum atomic E-state index is 4.57. The van der Waals surface area contributed by atoms with Gasteiger partial charge in [-0.2, -0.15) is 0 Å². The van der Waals surface area contributed by atoms with Crippen LogP contribution in [0.15, 0.2) is 23.1 Å². The summed E-state index contributed by atoms with van der Waals surface area (Å²) in [6.45, 7) is 2.23. The Balaban J connectivity index is 2.05. The molecule has 0 radical (unpaired) electrons. The van der Waals surface area contributed by atoms with E-state index in [9.17, 15) is 0 Å². The molecule has 0 bridgehead atoms. The fourth-order valence-corrected chi connectivity index (χ4v) is 2.16. The zero-order chi connectivity index (χ0) is 11.4. The van der Waals surface area contributed by atoms with Crippen molar-refractivity contribution in [3.63, 3.8) is 0 Å². The van der Waals surface area contributed by atoms with E-state index < -0.39 is 0 Å². The van der Waals surface area contributed by atoms with Crippen LogP contribution in [0.3, 0.4) is 0 Å². The number of aromatic amines is 1. The standard InChI is InChI=1S/C13H18N2S/c1-2-3-4-5-9-12-14-10-7-6-8-11(16)13(10)15-12/h6-8,16H,2-5,9H2,1H3,(H,14,15). The van der Waals surface area contributed by atoms with Gasteiger partial charge in [-0.15, -0.1) is 12.6 Å². The zero-order valence-electron chi connectivity index (χ0n) is 9.66. The molecule has 0 unspecified atom stereocenters. The summed E-state index contributed by atoms with van der Waals surface area (Å²) < 4.78 is 0. The van der Waals surface area contributed by atoms with Gasteiger partial charge in [0.2, 0.25) is 0 Å². The number of aromatic nitrogens is 2. The van der Waals surface area contributed by atoms with Crippen LogP contribution >= 0.6 is 12.6 Å². The lowest BCUT2D eigenvalue weighted by Gasteiger charge is -1.96. The molecule has 0 atom stereocenters. The van der Waals surface area contributed by atoms with Crippen molar-refractivity contribution in [2.45, 2.75) is 43.9 Å². The van der Waals surface area contributed by atoms with E-state index in [-0.39, 0.29) is 0 Å². The maximum Gasteiger partial charge on any atom is 0.107 e. The number of para-hydroxylation sites is 1. The number of unbranched alkanes of at least 4 members (excludes halogenated alkanes) is 3. The summed E-state index contributed by atoms with van der Waals surface area (Å²) in [5.41, 5.74) is 2.09. The fraction of sp³-hybridized carbons (Fsp3) is 0.462. The summed E-state index contributed by atoms with van der Waals surface area (Å²) >= 11 is 4.42. The highest BCUT2D eigenvalue weighted by Crippen LogP contribution is 2.20. The first kappa shape index (κ1) is 11.5. The van der Waals surface area contributed by atoms with Crippen molar-refractivity contribution in [3.05, 3.63) is 24.0 Å². The monoisotopic (exact) mass is 234 g/mol. The third-order valence-electron chi connectivity index (χ3n) is 2.81. The van der Waals surface area contributed by atoms with Crippen molar-refractivity contribution in [2.75, 3.05) is 0 Å². The van der Waals surface area contributed by atoms with Crippen LogP contribution in [0.5, 0.6) is 0 Å². The SMILES string of the molecule is CCCCCCc1nc2cccc(S)c2[nH]1. The molecule has 0 fully saturated rings. The average Bonchev–Trinajstić information content (AvgIpc) is 2.69. The van der Waals surface area contributed by atoms with Gasteiger partial charge in [-0.3, -0.25) is 0 Å². The fourth-order valence-electron chi connectivity index (χ4n) is 1.90. The lowest BCUT2D eigenvalue weighted by molar-refractivity contribution is 0.656. The number of nitrogens with one attached hydrogen (secondary N) is 1. The predicted molar refractivity (Wildman–Crippen MR) is 71.2 cm³/mol. The Morgan fingerprint density at radius 1 is 1.25 bits per heavy atom. The van der Waals surface area contributed by atoms with Crippen LogP contribution in [-0.4, -0.2) is 9.97 Å². The number of benzene rings is 1. The van der Waals surface area contributed by atoms with Gasteiger partial charge in [0, 0.05) is 11.3 Å². The van der Waals surface area contributed by atoms with Crippen LogP contribution in [0.2, 0.25) is 0 Å². The molecule has 0 aliphatic rings. The van der Waals surface area contributed by atoms with Crippen molar-refractivity contribution in [3.8, 4) is 0 Å². The molecule has 1 aromatic heterocycles.